The van der Waals surface area contributed by atoms with Crippen LogP contribution in [0.15, 0.2) is 72.9 Å². The van der Waals surface area contributed by atoms with Crippen LogP contribution >= 0.6 is 0 Å². The number of rotatable bonds is 7. The van der Waals surface area contributed by atoms with Crippen LogP contribution in [0.1, 0.15) is 21.6 Å². The molecule has 0 spiro atoms. The summed E-state index contributed by atoms with van der Waals surface area (Å²) in [6.07, 6.45) is 1.57. The highest BCUT2D eigenvalue weighted by molar-refractivity contribution is 6.05. The third-order valence-electron chi connectivity index (χ3n) is 4.79. The maximum atomic E-state index is 12.5. The molecular weight excluding hydrogens is 416 g/mol. The molecule has 0 aliphatic rings. The molecule has 0 aliphatic heterocycles. The first-order chi connectivity index (χ1) is 16.0. The Labute approximate surface area is 192 Å². The normalized spacial score (nSPS) is 10.4. The van der Waals surface area contributed by atoms with Crippen LogP contribution in [0.5, 0.6) is 5.88 Å². The van der Waals surface area contributed by atoms with Gasteiger partial charge >= 0.3 is 0 Å². The van der Waals surface area contributed by atoms with Crippen molar-refractivity contribution >= 4 is 34.7 Å². The summed E-state index contributed by atoms with van der Waals surface area (Å²) in [4.78, 5) is 25.6. The molecule has 0 fully saturated rings. The molecule has 0 radical (unpaired) electrons. The van der Waals surface area contributed by atoms with Gasteiger partial charge in [-0.1, -0.05) is 17.7 Å². The van der Waals surface area contributed by atoms with Crippen LogP contribution in [0.2, 0.25) is 0 Å². The van der Waals surface area contributed by atoms with Gasteiger partial charge in [0.15, 0.2) is 0 Å². The third-order valence-corrected chi connectivity index (χ3v) is 4.79. The molecule has 166 valence electrons. The topological polar surface area (TPSA) is 101 Å². The van der Waals surface area contributed by atoms with E-state index >= 15 is 0 Å². The molecule has 1 amide bonds. The van der Waals surface area contributed by atoms with Gasteiger partial charge in [-0.3, -0.25) is 4.79 Å². The monoisotopic (exact) mass is 440 g/mol. The Morgan fingerprint density at radius 1 is 0.848 bits per heavy atom. The van der Waals surface area contributed by atoms with E-state index in [1.807, 2.05) is 56.3 Å². The van der Waals surface area contributed by atoms with Gasteiger partial charge in [-0.15, -0.1) is 0 Å². The summed E-state index contributed by atoms with van der Waals surface area (Å²) >= 11 is 0. The van der Waals surface area contributed by atoms with E-state index in [0.717, 1.165) is 17.1 Å². The maximum absolute atomic E-state index is 12.5. The fraction of sp³-hybridized carbons (Fsp3) is 0.120. The highest BCUT2D eigenvalue weighted by Gasteiger charge is 2.13. The number of amides is 1. The fourth-order valence-electron chi connectivity index (χ4n) is 3.16. The van der Waals surface area contributed by atoms with Crippen molar-refractivity contribution in [3.63, 3.8) is 0 Å². The van der Waals surface area contributed by atoms with Gasteiger partial charge in [-0.05, 0) is 62.4 Å². The van der Waals surface area contributed by atoms with Gasteiger partial charge in [-0.2, -0.15) is 4.98 Å². The van der Waals surface area contributed by atoms with Crippen molar-refractivity contribution in [1.82, 2.24) is 15.0 Å². The second-order valence-electron chi connectivity index (χ2n) is 7.43. The first-order valence-electron chi connectivity index (χ1n) is 10.4. The highest BCUT2D eigenvalue weighted by atomic mass is 16.5. The van der Waals surface area contributed by atoms with E-state index < -0.39 is 0 Å². The Kier molecular flexibility index (Phi) is 6.45. The van der Waals surface area contributed by atoms with Crippen LogP contribution < -0.4 is 20.7 Å². The van der Waals surface area contributed by atoms with Crippen LogP contribution in [0.4, 0.5) is 28.8 Å². The van der Waals surface area contributed by atoms with E-state index in [1.54, 1.807) is 30.5 Å². The molecule has 8 nitrogen and oxygen atoms in total. The number of benzene rings is 2. The predicted molar refractivity (Wildman–Crippen MR) is 130 cm³/mol. The predicted octanol–water partition coefficient (Wildman–Crippen LogP) is 5.24. The average Bonchev–Trinajstić information content (AvgIpc) is 2.81. The van der Waals surface area contributed by atoms with Crippen LogP contribution in [0, 0.1) is 13.8 Å². The summed E-state index contributed by atoms with van der Waals surface area (Å²) in [5.41, 5.74) is 4.78. The van der Waals surface area contributed by atoms with Crippen molar-refractivity contribution in [3.05, 3.63) is 89.7 Å². The molecule has 0 atom stereocenters. The Morgan fingerprint density at radius 2 is 1.52 bits per heavy atom. The first-order valence-corrected chi connectivity index (χ1v) is 10.4. The smallest absolute Gasteiger partial charge is 0.261 e. The number of pyridine rings is 1. The zero-order chi connectivity index (χ0) is 23.2. The lowest BCUT2D eigenvalue weighted by atomic mass is 10.2. The Balaban J connectivity index is 1.44. The number of carbonyl (C=O) groups is 1. The van der Waals surface area contributed by atoms with Crippen molar-refractivity contribution in [2.75, 3.05) is 23.1 Å². The Morgan fingerprint density at radius 3 is 2.24 bits per heavy atom. The number of carbonyl (C=O) groups excluding carboxylic acids is 1. The minimum atomic E-state index is -0.297. The number of anilines is 5. The van der Waals surface area contributed by atoms with Gasteiger partial charge in [0.05, 0.1) is 7.11 Å². The lowest BCUT2D eigenvalue weighted by molar-refractivity contribution is 0.102. The van der Waals surface area contributed by atoms with Gasteiger partial charge in [0.25, 0.3) is 5.91 Å². The van der Waals surface area contributed by atoms with E-state index in [2.05, 4.69) is 30.9 Å². The molecule has 0 bridgehead atoms. The second kappa shape index (κ2) is 9.78. The van der Waals surface area contributed by atoms with Crippen molar-refractivity contribution in [3.8, 4) is 5.88 Å². The molecule has 33 heavy (non-hydrogen) atoms. The summed E-state index contributed by atoms with van der Waals surface area (Å²) in [5.74, 6) is 1.15. The summed E-state index contributed by atoms with van der Waals surface area (Å²) in [7, 11) is 1.48. The molecule has 0 saturated carbocycles. The number of hydrogen-bond donors (Lipinski definition) is 3. The quantitative estimate of drug-likeness (QED) is 0.361. The van der Waals surface area contributed by atoms with E-state index in [1.165, 1.54) is 12.7 Å². The van der Waals surface area contributed by atoms with Gasteiger partial charge in [-0.25, -0.2) is 9.97 Å². The van der Waals surface area contributed by atoms with Crippen LogP contribution in [-0.2, 0) is 0 Å². The van der Waals surface area contributed by atoms with Crippen LogP contribution in [-0.4, -0.2) is 28.0 Å². The van der Waals surface area contributed by atoms with Gasteiger partial charge in [0.2, 0.25) is 11.8 Å². The zero-order valence-electron chi connectivity index (χ0n) is 18.6. The molecule has 4 aromatic rings. The Bertz CT molecular complexity index is 1260. The minimum Gasteiger partial charge on any atom is -0.480 e. The van der Waals surface area contributed by atoms with Crippen molar-refractivity contribution in [1.29, 1.82) is 0 Å². The number of hydrogen-bond acceptors (Lipinski definition) is 7. The highest BCUT2D eigenvalue weighted by Crippen LogP contribution is 2.22. The van der Waals surface area contributed by atoms with Crippen molar-refractivity contribution in [2.45, 2.75) is 13.8 Å². The molecule has 0 saturated heterocycles. The van der Waals surface area contributed by atoms with Gasteiger partial charge in [0.1, 0.15) is 11.4 Å². The zero-order valence-corrected chi connectivity index (χ0v) is 18.6. The number of ether oxygens (including phenoxy) is 1. The standard InChI is InChI=1S/C25H24N6O2/c1-16-6-8-18(9-7-16)28-22-15-17(2)27-25(31-22)30-20-12-10-19(11-13-20)29-23(32)21-5-4-14-26-24(21)33-3/h4-15H,1-3H3,(H,29,32)(H2,27,28,30,31). The van der Waals surface area contributed by atoms with E-state index in [9.17, 15) is 4.79 Å². The number of aryl methyl sites for hydroxylation is 2. The first kappa shape index (κ1) is 21.8. The molecular formula is C25H24N6O2. The maximum Gasteiger partial charge on any atom is 0.261 e. The van der Waals surface area contributed by atoms with Crippen molar-refractivity contribution < 1.29 is 9.53 Å². The molecule has 2 aromatic heterocycles. The molecule has 8 heteroatoms. The number of methoxy groups -OCH3 is 1. The summed E-state index contributed by atoms with van der Waals surface area (Å²) in [6, 6.07) is 20.6. The molecule has 2 heterocycles. The molecule has 0 unspecified atom stereocenters. The number of nitrogens with zero attached hydrogens (tertiary/aromatic N) is 3. The van der Waals surface area contributed by atoms with Gasteiger partial charge < -0.3 is 20.7 Å². The minimum absolute atomic E-state index is 0.278. The van der Waals surface area contributed by atoms with E-state index in [0.29, 0.717) is 23.0 Å². The van der Waals surface area contributed by atoms with Gasteiger partial charge in [0, 0.05) is 35.0 Å². The SMILES string of the molecule is COc1ncccc1C(=O)Nc1ccc(Nc2nc(C)cc(Nc3ccc(C)cc3)n2)cc1. The lowest BCUT2D eigenvalue weighted by Crippen LogP contribution is -2.13. The van der Waals surface area contributed by atoms with E-state index in [-0.39, 0.29) is 11.8 Å². The van der Waals surface area contributed by atoms with Crippen LogP contribution in [0.3, 0.4) is 0 Å². The second-order valence-corrected chi connectivity index (χ2v) is 7.43. The van der Waals surface area contributed by atoms with Crippen molar-refractivity contribution in [2.24, 2.45) is 0 Å². The summed E-state index contributed by atoms with van der Waals surface area (Å²) in [5, 5.41) is 9.35. The van der Waals surface area contributed by atoms with E-state index in [4.69, 9.17) is 4.74 Å². The Hall–Kier alpha value is -4.46. The molecule has 4 rings (SSSR count). The lowest BCUT2D eigenvalue weighted by Gasteiger charge is -2.11. The summed E-state index contributed by atoms with van der Waals surface area (Å²) < 4.78 is 5.15. The fourth-order valence-corrected chi connectivity index (χ4v) is 3.16. The molecule has 0 aliphatic carbocycles. The molecule has 2 aromatic carbocycles. The number of nitrogens with one attached hydrogen (secondary N) is 3. The van der Waals surface area contributed by atoms with Crippen LogP contribution in [0.25, 0.3) is 0 Å². The number of aromatic nitrogens is 3. The summed E-state index contributed by atoms with van der Waals surface area (Å²) in [6.45, 7) is 3.96. The third kappa shape index (κ3) is 5.62. The molecule has 3 N–H and O–H groups in total. The average molecular weight is 441 g/mol. The largest absolute Gasteiger partial charge is 0.480 e.